The van der Waals surface area contributed by atoms with Gasteiger partial charge in [-0.25, -0.2) is 4.98 Å². The van der Waals surface area contributed by atoms with Crippen LogP contribution in [0.25, 0.3) is 0 Å². The summed E-state index contributed by atoms with van der Waals surface area (Å²) in [6.45, 7) is 16.9. The summed E-state index contributed by atoms with van der Waals surface area (Å²) in [5.41, 5.74) is 1.60. The molecule has 0 amide bonds. The van der Waals surface area contributed by atoms with Crippen molar-refractivity contribution in [3.05, 3.63) is 10.6 Å². The zero-order valence-corrected chi connectivity index (χ0v) is 14.6. The molecule has 2 rings (SSSR count). The number of hydrogen-bond donors (Lipinski definition) is 1. The molecule has 1 aromatic heterocycles. The van der Waals surface area contributed by atoms with Crippen molar-refractivity contribution in [3.63, 3.8) is 0 Å². The Morgan fingerprint density at radius 1 is 1.45 bits per heavy atom. The second-order valence-electron chi connectivity index (χ2n) is 7.02. The van der Waals surface area contributed by atoms with Crippen molar-refractivity contribution in [3.8, 4) is 0 Å². The van der Waals surface area contributed by atoms with Crippen LogP contribution in [-0.4, -0.2) is 24.6 Å². The first-order valence-corrected chi connectivity index (χ1v) is 8.60. The van der Waals surface area contributed by atoms with E-state index in [-0.39, 0.29) is 0 Å². The van der Waals surface area contributed by atoms with E-state index in [2.05, 4.69) is 51.8 Å². The van der Waals surface area contributed by atoms with Crippen molar-refractivity contribution in [1.29, 1.82) is 0 Å². The van der Waals surface area contributed by atoms with E-state index < -0.39 is 0 Å². The Bertz CT molecular complexity index is 447. The van der Waals surface area contributed by atoms with E-state index in [1.54, 1.807) is 0 Å². The van der Waals surface area contributed by atoms with E-state index in [1.807, 2.05) is 11.3 Å². The molecule has 114 valence electrons. The van der Waals surface area contributed by atoms with E-state index >= 15 is 0 Å². The lowest BCUT2D eigenvalue weighted by molar-refractivity contribution is 0.263. The summed E-state index contributed by atoms with van der Waals surface area (Å²) in [5.74, 6) is 0.779. The van der Waals surface area contributed by atoms with E-state index in [9.17, 15) is 0 Å². The number of anilines is 1. The first kappa shape index (κ1) is 15.8. The average Bonchev–Trinajstić information content (AvgIpc) is 2.94. The molecule has 1 aliphatic rings. The van der Waals surface area contributed by atoms with E-state index in [1.165, 1.54) is 22.1 Å². The van der Waals surface area contributed by atoms with Gasteiger partial charge >= 0.3 is 0 Å². The normalized spacial score (nSPS) is 21.5. The van der Waals surface area contributed by atoms with Crippen LogP contribution in [0.5, 0.6) is 0 Å². The second kappa shape index (κ2) is 6.02. The minimum atomic E-state index is 0.404. The average molecular weight is 295 g/mol. The highest BCUT2D eigenvalue weighted by atomic mass is 32.1. The Balaban J connectivity index is 2.10. The number of nitrogens with zero attached hydrogens (tertiary/aromatic N) is 2. The molecule has 1 fully saturated rings. The largest absolute Gasteiger partial charge is 0.348 e. The molecule has 1 N–H and O–H groups in total. The quantitative estimate of drug-likeness (QED) is 0.910. The smallest absolute Gasteiger partial charge is 0.185 e. The molecule has 1 aromatic rings. The van der Waals surface area contributed by atoms with Gasteiger partial charge in [-0.15, -0.1) is 11.3 Å². The van der Waals surface area contributed by atoms with Gasteiger partial charge in [-0.3, -0.25) is 0 Å². The molecule has 0 spiro atoms. The van der Waals surface area contributed by atoms with Crippen LogP contribution in [0.1, 0.15) is 57.7 Å². The summed E-state index contributed by atoms with van der Waals surface area (Å²) >= 11 is 1.87. The minimum Gasteiger partial charge on any atom is -0.348 e. The van der Waals surface area contributed by atoms with Crippen LogP contribution in [0.15, 0.2) is 0 Å². The lowest BCUT2D eigenvalue weighted by Crippen LogP contribution is -2.25. The molecule has 2 atom stereocenters. The highest BCUT2D eigenvalue weighted by Gasteiger charge is 2.33. The fourth-order valence-electron chi connectivity index (χ4n) is 2.97. The number of thiazole rings is 1. The lowest BCUT2D eigenvalue weighted by Gasteiger charge is -2.26. The van der Waals surface area contributed by atoms with Gasteiger partial charge in [0.15, 0.2) is 5.13 Å². The monoisotopic (exact) mass is 295 g/mol. The maximum Gasteiger partial charge on any atom is 0.185 e. The van der Waals surface area contributed by atoms with Gasteiger partial charge in [0.1, 0.15) is 0 Å². The number of rotatable bonds is 4. The van der Waals surface area contributed by atoms with Gasteiger partial charge in [0.05, 0.1) is 5.69 Å². The molecule has 2 heterocycles. The molecule has 4 heteroatoms. The standard InChI is InChI=1S/C16H29N3S/c1-7-17-11(2)14-12(3)18-15(20-14)19-9-8-13(10-19)16(4,5)6/h11,13,17H,7-10H2,1-6H3. The molecule has 1 saturated heterocycles. The molecule has 1 aliphatic heterocycles. The highest BCUT2D eigenvalue weighted by molar-refractivity contribution is 7.15. The van der Waals surface area contributed by atoms with Crippen molar-refractivity contribution < 1.29 is 0 Å². The van der Waals surface area contributed by atoms with Crippen LogP contribution >= 0.6 is 11.3 Å². The summed E-state index contributed by atoms with van der Waals surface area (Å²) in [7, 11) is 0. The van der Waals surface area contributed by atoms with Gasteiger partial charge in [-0.05, 0) is 38.1 Å². The number of aromatic nitrogens is 1. The number of aryl methyl sites for hydroxylation is 1. The van der Waals surface area contributed by atoms with Gasteiger partial charge < -0.3 is 10.2 Å². The maximum atomic E-state index is 4.82. The molecule has 20 heavy (non-hydrogen) atoms. The van der Waals surface area contributed by atoms with Crippen LogP contribution in [0.2, 0.25) is 0 Å². The summed E-state index contributed by atoms with van der Waals surface area (Å²) in [6.07, 6.45) is 1.29. The fraction of sp³-hybridized carbons (Fsp3) is 0.812. The third kappa shape index (κ3) is 3.34. The van der Waals surface area contributed by atoms with Gasteiger partial charge in [0.25, 0.3) is 0 Å². The number of nitrogens with one attached hydrogen (secondary N) is 1. The van der Waals surface area contributed by atoms with Crippen molar-refractivity contribution in [2.75, 3.05) is 24.5 Å². The molecule has 0 saturated carbocycles. The van der Waals surface area contributed by atoms with Gasteiger partial charge in [0, 0.05) is 24.0 Å². The predicted molar refractivity (Wildman–Crippen MR) is 88.7 cm³/mol. The van der Waals surface area contributed by atoms with Crippen molar-refractivity contribution in [1.82, 2.24) is 10.3 Å². The maximum absolute atomic E-state index is 4.82. The molecule has 2 unspecified atom stereocenters. The van der Waals surface area contributed by atoms with Crippen LogP contribution in [-0.2, 0) is 0 Å². The predicted octanol–water partition coefficient (Wildman–Crippen LogP) is 3.99. The Labute approximate surface area is 127 Å². The SMILES string of the molecule is CCNC(C)c1sc(N2CCC(C(C)(C)C)C2)nc1C. The number of hydrogen-bond acceptors (Lipinski definition) is 4. The third-order valence-corrected chi connectivity index (χ3v) is 5.81. The topological polar surface area (TPSA) is 28.2 Å². The van der Waals surface area contributed by atoms with Crippen molar-refractivity contribution in [2.24, 2.45) is 11.3 Å². The van der Waals surface area contributed by atoms with Crippen LogP contribution < -0.4 is 10.2 Å². The van der Waals surface area contributed by atoms with E-state index in [4.69, 9.17) is 4.98 Å². The zero-order valence-electron chi connectivity index (χ0n) is 13.8. The van der Waals surface area contributed by atoms with Crippen LogP contribution in [0, 0.1) is 18.3 Å². The van der Waals surface area contributed by atoms with Crippen molar-refractivity contribution >= 4 is 16.5 Å². The highest BCUT2D eigenvalue weighted by Crippen LogP contribution is 2.38. The molecule has 0 aliphatic carbocycles. The fourth-order valence-corrected chi connectivity index (χ4v) is 4.10. The van der Waals surface area contributed by atoms with Gasteiger partial charge in [-0.1, -0.05) is 27.7 Å². The molecule has 3 nitrogen and oxygen atoms in total. The summed E-state index contributed by atoms with van der Waals surface area (Å²) in [5, 5.41) is 4.71. The third-order valence-electron chi connectivity index (χ3n) is 4.41. The molecular weight excluding hydrogens is 266 g/mol. The first-order valence-electron chi connectivity index (χ1n) is 7.78. The van der Waals surface area contributed by atoms with Gasteiger partial charge in [-0.2, -0.15) is 0 Å². The lowest BCUT2D eigenvalue weighted by atomic mass is 9.80. The second-order valence-corrected chi connectivity index (χ2v) is 8.03. The summed E-state index contributed by atoms with van der Waals surface area (Å²) in [6, 6.07) is 0.410. The van der Waals surface area contributed by atoms with Crippen LogP contribution in [0.3, 0.4) is 0 Å². The van der Waals surface area contributed by atoms with Crippen molar-refractivity contribution in [2.45, 2.75) is 54.0 Å². The Morgan fingerprint density at radius 2 is 2.15 bits per heavy atom. The first-order chi connectivity index (χ1) is 9.32. The molecule has 0 bridgehead atoms. The van der Waals surface area contributed by atoms with E-state index in [0.29, 0.717) is 11.5 Å². The molecule has 0 aromatic carbocycles. The Hall–Kier alpha value is -0.610. The Kier molecular flexibility index (Phi) is 4.75. The Morgan fingerprint density at radius 3 is 2.70 bits per heavy atom. The van der Waals surface area contributed by atoms with Gasteiger partial charge in [0.2, 0.25) is 0 Å². The summed E-state index contributed by atoms with van der Waals surface area (Å²) < 4.78 is 0. The van der Waals surface area contributed by atoms with E-state index in [0.717, 1.165) is 25.6 Å². The molecule has 0 radical (unpaired) electrons. The zero-order chi connectivity index (χ0) is 14.9. The van der Waals surface area contributed by atoms with Crippen LogP contribution in [0.4, 0.5) is 5.13 Å². The molecular formula is C16H29N3S. The minimum absolute atomic E-state index is 0.404. The summed E-state index contributed by atoms with van der Waals surface area (Å²) in [4.78, 5) is 8.69.